The monoisotopic (exact) mass is 337 g/mol. The number of aromatic nitrogens is 1. The molecule has 0 aliphatic carbocycles. The van der Waals surface area contributed by atoms with Gasteiger partial charge in [0.1, 0.15) is 5.69 Å². The van der Waals surface area contributed by atoms with Crippen LogP contribution in [0, 0.1) is 0 Å². The van der Waals surface area contributed by atoms with Crippen molar-refractivity contribution in [2.24, 2.45) is 0 Å². The first-order valence-corrected chi connectivity index (χ1v) is 9.33. The lowest BCUT2D eigenvalue weighted by molar-refractivity contribution is -0.130. The van der Waals surface area contributed by atoms with E-state index in [1.165, 1.54) is 11.3 Å². The van der Waals surface area contributed by atoms with Crippen molar-refractivity contribution >= 4 is 17.2 Å². The highest BCUT2D eigenvalue weighted by molar-refractivity contribution is 7.07. The summed E-state index contributed by atoms with van der Waals surface area (Å²) in [4.78, 5) is 21.2. The van der Waals surface area contributed by atoms with Crippen LogP contribution < -0.4 is 0 Å². The second-order valence-electron chi connectivity index (χ2n) is 6.69. The molecule has 0 bridgehead atoms. The number of morpholine rings is 1. The SMILES string of the molecule is O=C(c1cscn1)N1CCOC2(CCN([C@H]3CCOC3)CC2)C1. The first-order chi connectivity index (χ1) is 11.3. The van der Waals surface area contributed by atoms with Gasteiger partial charge in [0.15, 0.2) is 0 Å². The second kappa shape index (κ2) is 6.47. The van der Waals surface area contributed by atoms with E-state index in [0.717, 1.165) is 45.6 Å². The molecule has 3 aliphatic rings. The van der Waals surface area contributed by atoms with Gasteiger partial charge >= 0.3 is 0 Å². The van der Waals surface area contributed by atoms with Gasteiger partial charge in [-0.2, -0.15) is 0 Å². The Bertz CT molecular complexity index is 537. The third-order valence-corrected chi connectivity index (χ3v) is 5.90. The van der Waals surface area contributed by atoms with E-state index < -0.39 is 0 Å². The molecule has 126 valence electrons. The number of rotatable bonds is 2. The van der Waals surface area contributed by atoms with Gasteiger partial charge in [0.2, 0.25) is 0 Å². The summed E-state index contributed by atoms with van der Waals surface area (Å²) in [6.07, 6.45) is 3.12. The Morgan fingerprint density at radius 2 is 2.17 bits per heavy atom. The van der Waals surface area contributed by atoms with Crippen LogP contribution in [0.1, 0.15) is 29.8 Å². The fraction of sp³-hybridized carbons (Fsp3) is 0.750. The second-order valence-corrected chi connectivity index (χ2v) is 7.40. The molecule has 4 heterocycles. The summed E-state index contributed by atoms with van der Waals surface area (Å²) < 4.78 is 11.7. The van der Waals surface area contributed by atoms with Gasteiger partial charge in [0, 0.05) is 37.7 Å². The number of amides is 1. The summed E-state index contributed by atoms with van der Waals surface area (Å²) in [5, 5.41) is 1.83. The molecule has 1 amide bonds. The fourth-order valence-corrected chi connectivity index (χ4v) is 4.43. The third kappa shape index (κ3) is 3.15. The molecule has 0 unspecified atom stereocenters. The van der Waals surface area contributed by atoms with Crippen molar-refractivity contribution in [3.05, 3.63) is 16.6 Å². The van der Waals surface area contributed by atoms with Crippen molar-refractivity contribution < 1.29 is 14.3 Å². The third-order valence-electron chi connectivity index (χ3n) is 5.32. The Kier molecular flexibility index (Phi) is 4.36. The Balaban J connectivity index is 1.38. The van der Waals surface area contributed by atoms with Crippen molar-refractivity contribution in [2.45, 2.75) is 30.9 Å². The van der Waals surface area contributed by atoms with Gasteiger partial charge in [-0.3, -0.25) is 9.69 Å². The van der Waals surface area contributed by atoms with Crippen LogP contribution in [-0.2, 0) is 9.47 Å². The average Bonchev–Trinajstić information content (AvgIpc) is 3.29. The lowest BCUT2D eigenvalue weighted by Crippen LogP contribution is -2.59. The predicted molar refractivity (Wildman–Crippen MR) is 86.7 cm³/mol. The number of hydrogen-bond donors (Lipinski definition) is 0. The van der Waals surface area contributed by atoms with Crippen LogP contribution in [0.4, 0.5) is 0 Å². The van der Waals surface area contributed by atoms with E-state index in [1.54, 1.807) is 5.51 Å². The first kappa shape index (κ1) is 15.5. The van der Waals surface area contributed by atoms with Gasteiger partial charge in [-0.25, -0.2) is 4.98 Å². The highest BCUT2D eigenvalue weighted by Crippen LogP contribution is 2.32. The number of nitrogens with zero attached hydrogens (tertiary/aromatic N) is 3. The Labute approximate surface area is 140 Å². The molecule has 1 atom stereocenters. The Morgan fingerprint density at radius 1 is 1.30 bits per heavy atom. The highest BCUT2D eigenvalue weighted by atomic mass is 32.1. The van der Waals surface area contributed by atoms with Crippen LogP contribution >= 0.6 is 11.3 Å². The van der Waals surface area contributed by atoms with Gasteiger partial charge in [0.05, 0.1) is 30.9 Å². The van der Waals surface area contributed by atoms with E-state index in [1.807, 2.05) is 10.3 Å². The molecule has 4 rings (SSSR count). The lowest BCUT2D eigenvalue weighted by Gasteiger charge is -2.48. The van der Waals surface area contributed by atoms with Crippen molar-refractivity contribution in [3.63, 3.8) is 0 Å². The molecule has 1 aromatic heterocycles. The zero-order valence-corrected chi connectivity index (χ0v) is 14.1. The maximum absolute atomic E-state index is 12.5. The van der Waals surface area contributed by atoms with Crippen molar-refractivity contribution in [1.29, 1.82) is 0 Å². The molecule has 3 aliphatic heterocycles. The molecule has 1 aromatic rings. The minimum atomic E-state index is -0.167. The molecule has 0 radical (unpaired) electrons. The maximum atomic E-state index is 12.5. The maximum Gasteiger partial charge on any atom is 0.273 e. The van der Waals surface area contributed by atoms with E-state index in [0.29, 0.717) is 31.4 Å². The van der Waals surface area contributed by atoms with Crippen molar-refractivity contribution in [3.8, 4) is 0 Å². The van der Waals surface area contributed by atoms with Crippen LogP contribution in [0.15, 0.2) is 10.9 Å². The summed E-state index contributed by atoms with van der Waals surface area (Å²) in [6, 6.07) is 0.573. The number of piperidine rings is 1. The number of thiazole rings is 1. The minimum Gasteiger partial charge on any atom is -0.380 e. The van der Waals surface area contributed by atoms with Crippen molar-refractivity contribution in [2.75, 3.05) is 46.0 Å². The zero-order valence-electron chi connectivity index (χ0n) is 13.3. The largest absolute Gasteiger partial charge is 0.380 e. The molecule has 7 heteroatoms. The molecule has 0 N–H and O–H groups in total. The molecule has 0 aromatic carbocycles. The standard InChI is InChI=1S/C16H23N3O3S/c20-15(14-10-23-12-17-14)19-6-8-22-16(11-19)2-4-18(5-3-16)13-1-7-21-9-13/h10,12-13H,1-9,11H2/t13-/m0/s1. The van der Waals surface area contributed by atoms with Gasteiger partial charge in [-0.1, -0.05) is 0 Å². The number of carbonyl (C=O) groups is 1. The first-order valence-electron chi connectivity index (χ1n) is 8.39. The lowest BCUT2D eigenvalue weighted by atomic mass is 9.88. The van der Waals surface area contributed by atoms with Crippen LogP contribution in [0.3, 0.4) is 0 Å². The van der Waals surface area contributed by atoms with E-state index in [-0.39, 0.29) is 11.5 Å². The summed E-state index contributed by atoms with van der Waals surface area (Å²) in [7, 11) is 0. The topological polar surface area (TPSA) is 54.9 Å². The van der Waals surface area contributed by atoms with Crippen LogP contribution in [0.5, 0.6) is 0 Å². The summed E-state index contributed by atoms with van der Waals surface area (Å²) in [5.41, 5.74) is 2.11. The molecule has 6 nitrogen and oxygen atoms in total. The van der Waals surface area contributed by atoms with Crippen molar-refractivity contribution in [1.82, 2.24) is 14.8 Å². The van der Waals surface area contributed by atoms with E-state index >= 15 is 0 Å². The molecular weight excluding hydrogens is 314 g/mol. The van der Waals surface area contributed by atoms with Crippen LogP contribution in [0.25, 0.3) is 0 Å². The molecule has 23 heavy (non-hydrogen) atoms. The number of ether oxygens (including phenoxy) is 2. The normalized spacial score (nSPS) is 28.3. The minimum absolute atomic E-state index is 0.0422. The number of carbonyl (C=O) groups excluding carboxylic acids is 1. The van der Waals surface area contributed by atoms with Gasteiger partial charge < -0.3 is 14.4 Å². The summed E-state index contributed by atoms with van der Waals surface area (Å²) >= 11 is 1.47. The summed E-state index contributed by atoms with van der Waals surface area (Å²) in [6.45, 7) is 5.81. The van der Waals surface area contributed by atoms with E-state index in [4.69, 9.17) is 9.47 Å². The molecule has 0 saturated carbocycles. The molecule has 3 fully saturated rings. The van der Waals surface area contributed by atoms with Crippen LogP contribution in [-0.4, -0.2) is 78.3 Å². The molecule has 1 spiro atoms. The zero-order chi connectivity index (χ0) is 15.7. The average molecular weight is 337 g/mol. The molecular formula is C16H23N3O3S. The fourth-order valence-electron chi connectivity index (χ4n) is 3.91. The quantitative estimate of drug-likeness (QED) is 0.813. The predicted octanol–water partition coefficient (Wildman–Crippen LogP) is 1.24. The highest BCUT2D eigenvalue weighted by Gasteiger charge is 2.42. The number of likely N-dealkylation sites (tertiary alicyclic amines) is 1. The Hall–Kier alpha value is -1.02. The van der Waals surface area contributed by atoms with E-state index in [9.17, 15) is 4.79 Å². The molecule has 3 saturated heterocycles. The van der Waals surface area contributed by atoms with Gasteiger partial charge in [-0.15, -0.1) is 11.3 Å². The number of hydrogen-bond acceptors (Lipinski definition) is 6. The smallest absolute Gasteiger partial charge is 0.273 e. The summed E-state index contributed by atoms with van der Waals surface area (Å²) in [5.74, 6) is 0.0422. The van der Waals surface area contributed by atoms with Gasteiger partial charge in [-0.05, 0) is 19.3 Å². The Morgan fingerprint density at radius 3 is 2.87 bits per heavy atom. The van der Waals surface area contributed by atoms with E-state index in [2.05, 4.69) is 9.88 Å². The van der Waals surface area contributed by atoms with Crippen LogP contribution in [0.2, 0.25) is 0 Å². The van der Waals surface area contributed by atoms with Gasteiger partial charge in [0.25, 0.3) is 5.91 Å².